The normalized spacial score (nSPS) is 15.0. The topological polar surface area (TPSA) is 153 Å². The van der Waals surface area contributed by atoms with Gasteiger partial charge < -0.3 is 20.7 Å². The molecule has 3 N–H and O–H groups in total. The largest absolute Gasteiger partial charge is 0.453 e. The first kappa shape index (κ1) is 29.4. The molecule has 0 saturated heterocycles. The molecule has 43 heavy (non-hydrogen) atoms. The molecule has 1 aliphatic rings. The molecule has 0 spiro atoms. The van der Waals surface area contributed by atoms with Crippen molar-refractivity contribution in [3.8, 4) is 16.8 Å². The van der Waals surface area contributed by atoms with Gasteiger partial charge in [-0.15, -0.1) is 5.10 Å². The molecule has 3 heterocycles. The third kappa shape index (κ3) is 7.60. The second kappa shape index (κ2) is 13.7. The second-order valence-corrected chi connectivity index (χ2v) is 10.3. The Balaban J connectivity index is 1.40. The average Bonchev–Trinajstić information content (AvgIpc) is 3.55. The van der Waals surface area contributed by atoms with Crippen LogP contribution in [0.3, 0.4) is 0 Å². The minimum Gasteiger partial charge on any atom is -0.453 e. The quantitative estimate of drug-likeness (QED) is 0.271. The van der Waals surface area contributed by atoms with E-state index in [9.17, 15) is 14.4 Å². The first-order valence-corrected chi connectivity index (χ1v) is 14.0. The van der Waals surface area contributed by atoms with E-state index in [2.05, 4.69) is 41.2 Å². The molecule has 1 aliphatic heterocycles. The van der Waals surface area contributed by atoms with Gasteiger partial charge in [-0.2, -0.15) is 4.68 Å². The van der Waals surface area contributed by atoms with E-state index in [-0.39, 0.29) is 24.4 Å². The average molecular weight is 601 g/mol. The highest BCUT2D eigenvalue weighted by molar-refractivity contribution is 6.30. The van der Waals surface area contributed by atoms with Crippen LogP contribution < -0.4 is 16.0 Å². The summed E-state index contributed by atoms with van der Waals surface area (Å²) in [6.45, 7) is 0.242. The lowest BCUT2D eigenvalue weighted by atomic mass is 9.97. The number of anilines is 1. The predicted molar refractivity (Wildman–Crippen MR) is 160 cm³/mol. The highest BCUT2D eigenvalue weighted by Gasteiger charge is 2.19. The van der Waals surface area contributed by atoms with Gasteiger partial charge in [-0.1, -0.05) is 30.2 Å². The summed E-state index contributed by atoms with van der Waals surface area (Å²) < 4.78 is 6.14. The number of hydrogen-bond acceptors (Lipinski definition) is 8. The fourth-order valence-corrected chi connectivity index (χ4v) is 4.96. The minimum atomic E-state index is -0.543. The van der Waals surface area contributed by atoms with Crippen molar-refractivity contribution in [1.29, 1.82) is 0 Å². The van der Waals surface area contributed by atoms with E-state index in [0.29, 0.717) is 53.3 Å². The zero-order chi connectivity index (χ0) is 30.2. The van der Waals surface area contributed by atoms with Crippen LogP contribution in [-0.4, -0.2) is 50.2 Å². The van der Waals surface area contributed by atoms with Crippen molar-refractivity contribution in [2.24, 2.45) is 0 Å². The Labute approximate surface area is 252 Å². The van der Waals surface area contributed by atoms with Crippen molar-refractivity contribution in [3.05, 3.63) is 89.0 Å². The predicted octanol–water partition coefficient (Wildman–Crippen LogP) is 4.62. The van der Waals surface area contributed by atoms with Crippen LogP contribution >= 0.6 is 11.6 Å². The molecule has 1 unspecified atom stereocenters. The summed E-state index contributed by atoms with van der Waals surface area (Å²) in [7, 11) is 1.30. The number of nitrogens with one attached hydrogen (secondary N) is 3. The van der Waals surface area contributed by atoms with E-state index in [1.54, 1.807) is 30.5 Å². The molecule has 0 aliphatic carbocycles. The van der Waals surface area contributed by atoms with Gasteiger partial charge >= 0.3 is 6.09 Å². The molecular weight excluding hydrogens is 572 g/mol. The fraction of sp³-hybridized carbons (Fsp3) is 0.233. The minimum absolute atomic E-state index is 0.113. The number of tetrazole rings is 1. The highest BCUT2D eigenvalue weighted by Crippen LogP contribution is 2.32. The molecule has 1 atom stereocenters. The molecule has 12 nitrogen and oxygen atoms in total. The van der Waals surface area contributed by atoms with Crippen molar-refractivity contribution in [2.45, 2.75) is 38.3 Å². The Morgan fingerprint density at radius 2 is 2.05 bits per heavy atom. The van der Waals surface area contributed by atoms with Crippen LogP contribution in [0, 0.1) is 0 Å². The number of fused-ring (bicyclic) bond motifs is 4. The molecule has 13 heteroatoms. The Hall–Kier alpha value is -5.10. The van der Waals surface area contributed by atoms with Gasteiger partial charge in [0.05, 0.1) is 24.5 Å². The van der Waals surface area contributed by atoms with Gasteiger partial charge in [0.25, 0.3) is 0 Å². The molecule has 0 saturated carbocycles. The zero-order valence-corrected chi connectivity index (χ0v) is 24.0. The number of pyridine rings is 1. The highest BCUT2D eigenvalue weighted by atomic mass is 35.5. The smallest absolute Gasteiger partial charge is 0.407 e. The van der Waals surface area contributed by atoms with Gasteiger partial charge in [0, 0.05) is 47.1 Å². The van der Waals surface area contributed by atoms with Gasteiger partial charge in [0.15, 0.2) is 0 Å². The fourth-order valence-electron chi connectivity index (χ4n) is 4.77. The lowest BCUT2D eigenvalue weighted by molar-refractivity contribution is -0.118. The molecule has 0 fully saturated rings. The van der Waals surface area contributed by atoms with Gasteiger partial charge in [0.1, 0.15) is 6.33 Å². The number of nitrogens with zero attached hydrogens (tertiary/aromatic N) is 5. The first-order chi connectivity index (χ1) is 20.9. The summed E-state index contributed by atoms with van der Waals surface area (Å²) in [5.74, 6) is -0.426. The van der Waals surface area contributed by atoms with Crippen LogP contribution in [0.1, 0.15) is 48.5 Å². The van der Waals surface area contributed by atoms with Gasteiger partial charge in [-0.3, -0.25) is 14.6 Å². The maximum absolute atomic E-state index is 13.1. The lowest BCUT2D eigenvalue weighted by Crippen LogP contribution is -2.28. The number of methoxy groups -OCH3 is 1. The van der Waals surface area contributed by atoms with E-state index in [0.717, 1.165) is 16.7 Å². The molecule has 4 aromatic rings. The molecule has 2 aromatic carbocycles. The van der Waals surface area contributed by atoms with E-state index < -0.39 is 6.09 Å². The van der Waals surface area contributed by atoms with Crippen molar-refractivity contribution < 1.29 is 19.1 Å². The summed E-state index contributed by atoms with van der Waals surface area (Å²) in [5, 5.41) is 20.5. The summed E-state index contributed by atoms with van der Waals surface area (Å²) in [4.78, 5) is 42.1. The third-order valence-corrected chi connectivity index (χ3v) is 7.13. The zero-order valence-electron chi connectivity index (χ0n) is 23.3. The Morgan fingerprint density at radius 3 is 2.86 bits per heavy atom. The van der Waals surface area contributed by atoms with Crippen LogP contribution in [0.4, 0.5) is 10.5 Å². The van der Waals surface area contributed by atoms with Gasteiger partial charge in [0.2, 0.25) is 11.8 Å². The van der Waals surface area contributed by atoms with Crippen LogP contribution in [0.25, 0.3) is 22.9 Å². The standard InChI is InChI=1S/C30H29ClN8O4/c1-43-30(42)33-17-19-6-9-23-20-12-13-32-26(16-20)24(4-2-3-5-28(40)36-25(23)14-19)35-29(41)11-7-21-15-22(31)8-10-27(21)39-18-34-37-38-39/h6-16,18,24H,2-5,17H2,1H3,(H,33,42)(H,35,41)(H,36,40)/b11-7+. The lowest BCUT2D eigenvalue weighted by Gasteiger charge is -2.20. The van der Waals surface area contributed by atoms with Crippen LogP contribution in [0.15, 0.2) is 67.1 Å². The number of carbonyl (C=O) groups is 3. The molecule has 0 radical (unpaired) electrons. The van der Waals surface area contributed by atoms with E-state index in [1.807, 2.05) is 30.3 Å². The first-order valence-electron chi connectivity index (χ1n) is 13.6. The van der Waals surface area contributed by atoms with Crippen LogP contribution in [-0.2, 0) is 20.9 Å². The number of halogens is 1. The number of rotatable bonds is 6. The summed E-state index contributed by atoms with van der Waals surface area (Å²) >= 11 is 6.21. The number of carbonyl (C=O) groups excluding carboxylic acids is 3. The van der Waals surface area contributed by atoms with Crippen molar-refractivity contribution >= 4 is 41.3 Å². The van der Waals surface area contributed by atoms with Gasteiger partial charge in [-0.25, -0.2) is 4.79 Å². The number of alkyl carbamates (subject to hydrolysis) is 1. The maximum Gasteiger partial charge on any atom is 0.407 e. The van der Waals surface area contributed by atoms with Crippen molar-refractivity contribution in [2.75, 3.05) is 12.4 Å². The van der Waals surface area contributed by atoms with Gasteiger partial charge in [-0.05, 0) is 76.9 Å². The number of ether oxygens (including phenoxy) is 1. The van der Waals surface area contributed by atoms with Crippen molar-refractivity contribution in [3.63, 3.8) is 0 Å². The molecule has 3 amide bonds. The number of amides is 3. The molecule has 220 valence electrons. The molecule has 2 aromatic heterocycles. The van der Waals surface area contributed by atoms with E-state index in [4.69, 9.17) is 11.6 Å². The monoisotopic (exact) mass is 600 g/mol. The van der Waals surface area contributed by atoms with Crippen LogP contribution in [0.2, 0.25) is 5.02 Å². The molecule has 2 bridgehead atoms. The van der Waals surface area contributed by atoms with E-state index >= 15 is 0 Å². The number of benzene rings is 2. The second-order valence-electron chi connectivity index (χ2n) is 9.84. The SMILES string of the molecule is COC(=O)NCc1ccc2c(c1)NC(=O)CCCCC(NC(=O)/C=C/c1cc(Cl)ccc1-n1cnnn1)c1cc-2ccn1. The van der Waals surface area contributed by atoms with Crippen molar-refractivity contribution in [1.82, 2.24) is 35.8 Å². The summed E-state index contributed by atoms with van der Waals surface area (Å²) in [5.41, 5.74) is 5.07. The Kier molecular flexibility index (Phi) is 9.37. The number of aromatic nitrogens is 5. The third-order valence-electron chi connectivity index (χ3n) is 6.89. The van der Waals surface area contributed by atoms with E-state index in [1.165, 1.54) is 24.2 Å². The molecular formula is C30H29ClN8O4. The number of hydrogen-bond donors (Lipinski definition) is 3. The summed E-state index contributed by atoms with van der Waals surface area (Å²) in [6, 6.07) is 14.2. The maximum atomic E-state index is 13.1. The summed E-state index contributed by atoms with van der Waals surface area (Å²) in [6.07, 6.45) is 7.95. The molecule has 5 rings (SSSR count). The Bertz CT molecular complexity index is 1660. The Morgan fingerprint density at radius 1 is 1.16 bits per heavy atom. The van der Waals surface area contributed by atoms with Crippen LogP contribution in [0.5, 0.6) is 0 Å².